The maximum absolute atomic E-state index is 4.21. The Labute approximate surface area is 108 Å². The Balaban J connectivity index is 2.37. The second-order valence-corrected chi connectivity index (χ2v) is 5.70. The van der Waals surface area contributed by atoms with Gasteiger partial charge >= 0.3 is 0 Å². The Morgan fingerprint density at radius 3 is 2.76 bits per heavy atom. The fourth-order valence-corrected chi connectivity index (χ4v) is 2.42. The maximum Gasteiger partial charge on any atom is 0.205 e. The molecule has 0 spiro atoms. The molecule has 98 valence electrons. The van der Waals surface area contributed by atoms with Gasteiger partial charge in [-0.3, -0.25) is 4.90 Å². The van der Waals surface area contributed by atoms with Crippen molar-refractivity contribution in [1.82, 2.24) is 15.1 Å². The number of nitrogens with one attached hydrogen (secondary N) is 1. The van der Waals surface area contributed by atoms with E-state index in [9.17, 15) is 0 Å². The SMILES string of the molecule is CCCNc1nnc(CN(C)CC(C)CC)s1. The van der Waals surface area contributed by atoms with E-state index in [0.29, 0.717) is 0 Å². The smallest absolute Gasteiger partial charge is 0.205 e. The normalized spacial score (nSPS) is 13.0. The average molecular weight is 256 g/mol. The average Bonchev–Trinajstić information content (AvgIpc) is 2.73. The van der Waals surface area contributed by atoms with E-state index in [-0.39, 0.29) is 0 Å². The van der Waals surface area contributed by atoms with Crippen molar-refractivity contribution in [3.8, 4) is 0 Å². The summed E-state index contributed by atoms with van der Waals surface area (Å²) in [5.74, 6) is 0.741. The van der Waals surface area contributed by atoms with Crippen LogP contribution in [-0.2, 0) is 6.54 Å². The molecule has 17 heavy (non-hydrogen) atoms. The molecule has 0 aromatic carbocycles. The summed E-state index contributed by atoms with van der Waals surface area (Å²) in [6.07, 6.45) is 2.34. The molecule has 1 aromatic rings. The first kappa shape index (κ1) is 14.4. The number of hydrogen-bond donors (Lipinski definition) is 1. The summed E-state index contributed by atoms with van der Waals surface area (Å²) in [7, 11) is 2.15. The van der Waals surface area contributed by atoms with Crippen molar-refractivity contribution in [2.75, 3.05) is 25.5 Å². The molecule has 1 unspecified atom stereocenters. The van der Waals surface area contributed by atoms with Gasteiger partial charge in [-0.05, 0) is 19.4 Å². The van der Waals surface area contributed by atoms with E-state index in [2.05, 4.69) is 48.2 Å². The van der Waals surface area contributed by atoms with E-state index in [0.717, 1.165) is 42.1 Å². The van der Waals surface area contributed by atoms with Crippen LogP contribution >= 0.6 is 11.3 Å². The molecule has 1 rings (SSSR count). The highest BCUT2D eigenvalue weighted by Gasteiger charge is 2.09. The number of rotatable bonds is 8. The fraction of sp³-hybridized carbons (Fsp3) is 0.833. The molecule has 4 nitrogen and oxygen atoms in total. The van der Waals surface area contributed by atoms with Crippen molar-refractivity contribution in [2.45, 2.75) is 40.2 Å². The lowest BCUT2D eigenvalue weighted by Crippen LogP contribution is -2.23. The fourth-order valence-electron chi connectivity index (χ4n) is 1.58. The van der Waals surface area contributed by atoms with Crippen molar-refractivity contribution in [3.05, 3.63) is 5.01 Å². The Morgan fingerprint density at radius 2 is 2.12 bits per heavy atom. The Hall–Kier alpha value is -0.680. The van der Waals surface area contributed by atoms with Gasteiger partial charge < -0.3 is 5.32 Å². The summed E-state index contributed by atoms with van der Waals surface area (Å²) < 4.78 is 0. The molecular formula is C12H24N4S. The van der Waals surface area contributed by atoms with Crippen LogP contribution in [0.4, 0.5) is 5.13 Å². The number of hydrogen-bond acceptors (Lipinski definition) is 5. The van der Waals surface area contributed by atoms with Crippen LogP contribution in [0.2, 0.25) is 0 Å². The molecule has 0 radical (unpaired) electrons. The van der Waals surface area contributed by atoms with Crippen LogP contribution in [0.25, 0.3) is 0 Å². The number of nitrogens with zero attached hydrogens (tertiary/aromatic N) is 3. The molecule has 1 heterocycles. The van der Waals surface area contributed by atoms with Gasteiger partial charge in [-0.2, -0.15) is 0 Å². The molecular weight excluding hydrogens is 232 g/mol. The van der Waals surface area contributed by atoms with E-state index < -0.39 is 0 Å². The molecule has 1 N–H and O–H groups in total. The molecule has 0 aliphatic rings. The van der Waals surface area contributed by atoms with Crippen LogP contribution < -0.4 is 5.32 Å². The predicted molar refractivity (Wildman–Crippen MR) is 74.5 cm³/mol. The summed E-state index contributed by atoms with van der Waals surface area (Å²) in [6, 6.07) is 0. The van der Waals surface area contributed by atoms with Crippen molar-refractivity contribution < 1.29 is 0 Å². The van der Waals surface area contributed by atoms with E-state index in [1.54, 1.807) is 11.3 Å². The van der Waals surface area contributed by atoms with Crippen LogP contribution in [-0.4, -0.2) is 35.2 Å². The van der Waals surface area contributed by atoms with Gasteiger partial charge in [0.05, 0.1) is 6.54 Å². The summed E-state index contributed by atoms with van der Waals surface area (Å²) in [5, 5.41) is 13.6. The molecule has 1 atom stereocenters. The summed E-state index contributed by atoms with van der Waals surface area (Å²) >= 11 is 1.66. The molecule has 0 saturated heterocycles. The van der Waals surface area contributed by atoms with E-state index in [1.807, 2.05) is 0 Å². The lowest BCUT2D eigenvalue weighted by atomic mass is 10.1. The van der Waals surface area contributed by atoms with Crippen molar-refractivity contribution >= 4 is 16.5 Å². The lowest BCUT2D eigenvalue weighted by Gasteiger charge is -2.18. The van der Waals surface area contributed by atoms with Crippen LogP contribution in [0.1, 0.15) is 38.6 Å². The second-order valence-electron chi connectivity index (χ2n) is 4.64. The van der Waals surface area contributed by atoms with Gasteiger partial charge in [0.25, 0.3) is 0 Å². The highest BCUT2D eigenvalue weighted by atomic mass is 32.1. The number of aromatic nitrogens is 2. The highest BCUT2D eigenvalue weighted by Crippen LogP contribution is 2.17. The summed E-state index contributed by atoms with van der Waals surface area (Å²) in [5.41, 5.74) is 0. The van der Waals surface area contributed by atoms with Gasteiger partial charge in [-0.1, -0.05) is 38.5 Å². The van der Waals surface area contributed by atoms with Gasteiger partial charge in [-0.25, -0.2) is 0 Å². The van der Waals surface area contributed by atoms with Crippen LogP contribution in [0.15, 0.2) is 0 Å². The topological polar surface area (TPSA) is 41.1 Å². The zero-order valence-electron chi connectivity index (χ0n) is 11.4. The minimum absolute atomic E-state index is 0.741. The zero-order valence-corrected chi connectivity index (χ0v) is 12.2. The quantitative estimate of drug-likeness (QED) is 0.776. The monoisotopic (exact) mass is 256 g/mol. The molecule has 1 aromatic heterocycles. The van der Waals surface area contributed by atoms with Gasteiger partial charge in [0.2, 0.25) is 5.13 Å². The third kappa shape index (κ3) is 5.46. The first-order valence-electron chi connectivity index (χ1n) is 6.40. The summed E-state index contributed by atoms with van der Waals surface area (Å²) in [4.78, 5) is 2.32. The molecule has 0 aliphatic heterocycles. The Kier molecular flexibility index (Phi) is 6.44. The van der Waals surface area contributed by atoms with E-state index >= 15 is 0 Å². The third-order valence-electron chi connectivity index (χ3n) is 2.72. The lowest BCUT2D eigenvalue weighted by molar-refractivity contribution is 0.274. The molecule has 0 bridgehead atoms. The minimum atomic E-state index is 0.741. The third-order valence-corrected chi connectivity index (χ3v) is 3.58. The molecule has 0 fully saturated rings. The van der Waals surface area contributed by atoms with Crippen LogP contribution in [0.3, 0.4) is 0 Å². The standard InChI is InChI=1S/C12H24N4S/c1-5-7-13-12-15-14-11(17-12)9-16(4)8-10(3)6-2/h10H,5-9H2,1-4H3,(H,13,15). The van der Waals surface area contributed by atoms with Crippen molar-refractivity contribution in [1.29, 1.82) is 0 Å². The van der Waals surface area contributed by atoms with Crippen molar-refractivity contribution in [2.24, 2.45) is 5.92 Å². The second kappa shape index (κ2) is 7.61. The molecule has 5 heteroatoms. The summed E-state index contributed by atoms with van der Waals surface area (Å²) in [6.45, 7) is 9.65. The maximum atomic E-state index is 4.21. The van der Waals surface area contributed by atoms with Gasteiger partial charge in [0, 0.05) is 13.1 Å². The van der Waals surface area contributed by atoms with Crippen LogP contribution in [0.5, 0.6) is 0 Å². The number of anilines is 1. The van der Waals surface area contributed by atoms with E-state index in [1.165, 1.54) is 6.42 Å². The molecule has 0 aliphatic carbocycles. The predicted octanol–water partition coefficient (Wildman–Crippen LogP) is 2.84. The van der Waals surface area contributed by atoms with E-state index in [4.69, 9.17) is 0 Å². The first-order chi connectivity index (χ1) is 8.15. The Bertz CT molecular complexity index is 313. The largest absolute Gasteiger partial charge is 0.360 e. The first-order valence-corrected chi connectivity index (χ1v) is 7.22. The zero-order chi connectivity index (χ0) is 12.7. The Morgan fingerprint density at radius 1 is 1.35 bits per heavy atom. The van der Waals surface area contributed by atoms with Gasteiger partial charge in [0.15, 0.2) is 0 Å². The van der Waals surface area contributed by atoms with Crippen LogP contribution in [0, 0.1) is 5.92 Å². The van der Waals surface area contributed by atoms with Gasteiger partial charge in [0.1, 0.15) is 5.01 Å². The molecule has 0 amide bonds. The minimum Gasteiger partial charge on any atom is -0.360 e. The van der Waals surface area contributed by atoms with Gasteiger partial charge in [-0.15, -0.1) is 10.2 Å². The van der Waals surface area contributed by atoms with Crippen molar-refractivity contribution in [3.63, 3.8) is 0 Å². The molecule has 0 saturated carbocycles. The highest BCUT2D eigenvalue weighted by molar-refractivity contribution is 7.15.